The van der Waals surface area contributed by atoms with Crippen LogP contribution in [0.2, 0.25) is 0 Å². The Bertz CT molecular complexity index is 749. The standard InChI is InChI=1S/C12H10FSi.C10H15.C6H5.C3H9P.Ir/c13-14(11-7-3-1-4-8-11)12-9-5-2-6-10-12;1-6-7(2)9(4)10(5)8(6)3;1-2-4-6-5-3-1;1-4(2)3;/h1-10H;1-5H3;1-5H;1-3H3;/q;;-1;;. The van der Waals surface area contributed by atoms with Gasteiger partial charge in [0.05, 0.1) is 0 Å². The molecule has 0 bridgehead atoms. The molecule has 1 aliphatic rings. The van der Waals surface area contributed by atoms with Gasteiger partial charge in [0.25, 0.3) is 0 Å². The van der Waals surface area contributed by atoms with E-state index in [1.807, 2.05) is 91.0 Å². The second-order valence-corrected chi connectivity index (χ2v) is 13.1. The molecular formula is C31H39FIrPSi-. The summed E-state index contributed by atoms with van der Waals surface area (Å²) in [5, 5.41) is 1.62. The maximum Gasteiger partial charge on any atom is 0.340 e. The largest absolute Gasteiger partial charge is 0.340 e. The van der Waals surface area contributed by atoms with Crippen LogP contribution in [0.3, 0.4) is 0 Å². The Morgan fingerprint density at radius 2 is 0.800 bits per heavy atom. The number of hydrogen-bond acceptors (Lipinski definition) is 0. The van der Waals surface area contributed by atoms with Gasteiger partial charge in [0.1, 0.15) is 0 Å². The Balaban J connectivity index is 0.000000482. The normalized spacial score (nSPS) is 14.7. The maximum atomic E-state index is 14.0. The Labute approximate surface area is 232 Å². The maximum absolute atomic E-state index is 14.0. The zero-order valence-corrected chi connectivity index (χ0v) is 26.6. The molecule has 0 spiro atoms. The van der Waals surface area contributed by atoms with Crippen LogP contribution in [0.1, 0.15) is 34.6 Å². The summed E-state index contributed by atoms with van der Waals surface area (Å²) in [4.78, 5) is 0. The van der Waals surface area contributed by atoms with Crippen molar-refractivity contribution in [2.24, 2.45) is 0 Å². The molecule has 0 N–H and O–H groups in total. The molecule has 0 saturated heterocycles. The first-order valence-electron chi connectivity index (χ1n) is 11.5. The minimum Gasteiger partial charge on any atom is -0.302 e. The van der Waals surface area contributed by atoms with Crippen LogP contribution in [0.5, 0.6) is 0 Å². The van der Waals surface area contributed by atoms with E-state index in [1.54, 1.807) is 0 Å². The molecule has 0 atom stereocenters. The summed E-state index contributed by atoms with van der Waals surface area (Å²) in [6.07, 6.45) is 0. The van der Waals surface area contributed by atoms with E-state index >= 15 is 0 Å². The fraction of sp³-hybridized carbons (Fsp3) is 0.258. The molecule has 4 heteroatoms. The zero-order valence-electron chi connectivity index (χ0n) is 22.3. The second kappa shape index (κ2) is 19.1. The monoisotopic (exact) mass is 682 g/mol. The van der Waals surface area contributed by atoms with Crippen LogP contribution >= 0.6 is 7.92 Å². The molecule has 1 saturated carbocycles. The smallest absolute Gasteiger partial charge is 0.302 e. The first-order valence-corrected chi connectivity index (χ1v) is 15.6. The predicted molar refractivity (Wildman–Crippen MR) is 154 cm³/mol. The van der Waals surface area contributed by atoms with Crippen LogP contribution in [-0.2, 0) is 20.1 Å². The summed E-state index contributed by atoms with van der Waals surface area (Å²) >= 11 is 0. The van der Waals surface area contributed by atoms with Gasteiger partial charge in [-0.05, 0) is 60.0 Å². The third kappa shape index (κ3) is 13.1. The van der Waals surface area contributed by atoms with Gasteiger partial charge in [0.15, 0.2) is 0 Å². The van der Waals surface area contributed by atoms with E-state index < -0.39 is 9.13 Å². The van der Waals surface area contributed by atoms with Gasteiger partial charge >= 0.3 is 9.13 Å². The van der Waals surface area contributed by atoms with Crippen molar-refractivity contribution in [2.45, 2.75) is 34.6 Å². The molecule has 7 radical (unpaired) electrons. The summed E-state index contributed by atoms with van der Waals surface area (Å²) in [6.45, 7) is 17.7. The molecule has 3 aromatic rings. The van der Waals surface area contributed by atoms with E-state index in [1.165, 1.54) is 29.6 Å². The van der Waals surface area contributed by atoms with Crippen LogP contribution in [-0.4, -0.2) is 29.1 Å². The Morgan fingerprint density at radius 3 is 1.00 bits per heavy atom. The van der Waals surface area contributed by atoms with Crippen molar-refractivity contribution in [3.05, 3.63) is 127 Å². The first-order chi connectivity index (χ1) is 16.2. The number of benzene rings is 3. The second-order valence-electron chi connectivity index (χ2n) is 8.59. The van der Waals surface area contributed by atoms with Gasteiger partial charge in [-0.15, -0.1) is 7.92 Å². The van der Waals surface area contributed by atoms with E-state index in [4.69, 9.17) is 0 Å². The third-order valence-electron chi connectivity index (χ3n) is 5.47. The molecule has 35 heavy (non-hydrogen) atoms. The topological polar surface area (TPSA) is 0 Å². The first kappa shape index (κ1) is 33.9. The molecule has 189 valence electrons. The van der Waals surface area contributed by atoms with Gasteiger partial charge < -0.3 is 4.11 Å². The summed E-state index contributed by atoms with van der Waals surface area (Å²) in [6, 6.07) is 31.2. The Hall–Kier alpha value is -1.11. The molecular weight excluding hydrogens is 643 g/mol. The predicted octanol–water partition coefficient (Wildman–Crippen LogP) is 7.58. The van der Waals surface area contributed by atoms with E-state index in [2.05, 4.69) is 60.7 Å². The molecule has 1 aliphatic carbocycles. The van der Waals surface area contributed by atoms with E-state index in [-0.39, 0.29) is 20.1 Å². The average molecular weight is 682 g/mol. The quantitative estimate of drug-likeness (QED) is 0.113. The molecule has 1 fully saturated rings. The van der Waals surface area contributed by atoms with Crippen molar-refractivity contribution >= 4 is 27.4 Å². The van der Waals surface area contributed by atoms with Gasteiger partial charge in [-0.1, -0.05) is 95.3 Å². The fourth-order valence-corrected chi connectivity index (χ4v) is 4.39. The van der Waals surface area contributed by atoms with Crippen molar-refractivity contribution in [2.75, 3.05) is 20.0 Å². The van der Waals surface area contributed by atoms with Crippen molar-refractivity contribution in [3.8, 4) is 0 Å². The molecule has 0 aliphatic heterocycles. The summed E-state index contributed by atoms with van der Waals surface area (Å²) in [7, 11) is -1.67. The molecule has 0 unspecified atom stereocenters. The van der Waals surface area contributed by atoms with E-state index in [0.29, 0.717) is 7.92 Å². The zero-order chi connectivity index (χ0) is 25.5. The van der Waals surface area contributed by atoms with Gasteiger partial charge in [-0.25, -0.2) is 0 Å². The number of hydrogen-bond donors (Lipinski definition) is 0. The molecule has 0 nitrogen and oxygen atoms in total. The summed E-state index contributed by atoms with van der Waals surface area (Å²) in [5.41, 5.74) is 0. The number of halogens is 1. The minimum atomic E-state index is -2.04. The van der Waals surface area contributed by atoms with Crippen LogP contribution in [0.4, 0.5) is 4.11 Å². The molecule has 0 aromatic heterocycles. The third-order valence-corrected chi connectivity index (χ3v) is 7.15. The van der Waals surface area contributed by atoms with Gasteiger partial charge in [0.2, 0.25) is 0 Å². The van der Waals surface area contributed by atoms with Crippen LogP contribution < -0.4 is 10.4 Å². The molecule has 3 aromatic carbocycles. The van der Waals surface area contributed by atoms with Crippen LogP contribution in [0, 0.1) is 35.7 Å². The van der Waals surface area contributed by atoms with Crippen molar-refractivity contribution in [1.82, 2.24) is 0 Å². The van der Waals surface area contributed by atoms with Crippen molar-refractivity contribution in [1.29, 1.82) is 0 Å². The van der Waals surface area contributed by atoms with E-state index in [9.17, 15) is 4.11 Å². The van der Waals surface area contributed by atoms with Gasteiger partial charge in [0, 0.05) is 20.1 Å². The average Bonchev–Trinajstić information content (AvgIpc) is 3.03. The van der Waals surface area contributed by atoms with Gasteiger partial charge in [-0.2, -0.15) is 36.4 Å². The fourth-order valence-electron chi connectivity index (χ4n) is 3.08. The Morgan fingerprint density at radius 1 is 0.543 bits per heavy atom. The summed E-state index contributed by atoms with van der Waals surface area (Å²) in [5.74, 6) is 7.34. The summed E-state index contributed by atoms with van der Waals surface area (Å²) < 4.78 is 14.0. The molecule has 0 heterocycles. The molecule has 4 rings (SSSR count). The minimum absolute atomic E-state index is 0. The Kier molecular flexibility index (Phi) is 18.5. The van der Waals surface area contributed by atoms with Gasteiger partial charge in [-0.3, -0.25) is 0 Å². The number of rotatable bonds is 2. The van der Waals surface area contributed by atoms with E-state index in [0.717, 1.165) is 10.4 Å². The van der Waals surface area contributed by atoms with Crippen molar-refractivity contribution in [3.63, 3.8) is 0 Å². The van der Waals surface area contributed by atoms with Crippen molar-refractivity contribution < 1.29 is 24.2 Å². The SMILES string of the molecule is CP(C)C.C[C]1[C](C)[C](C)[C](C)[C]1C.F[Si](c1ccccc1)c1ccccc1.[Ir].[c-]1ccccc1. The van der Waals surface area contributed by atoms with Crippen LogP contribution in [0.25, 0.3) is 0 Å². The van der Waals surface area contributed by atoms with Crippen LogP contribution in [0.15, 0.2) is 91.0 Å². The molecule has 0 amide bonds.